The third-order valence-corrected chi connectivity index (χ3v) is 2.89. The number of amides is 3. The van der Waals surface area contributed by atoms with Crippen molar-refractivity contribution in [2.75, 3.05) is 13.6 Å². The molecule has 0 aliphatic carbocycles. The Balaban J connectivity index is 2.32. The number of nitrogens with one attached hydrogen (secondary N) is 1. The van der Waals surface area contributed by atoms with Crippen molar-refractivity contribution in [3.8, 4) is 0 Å². The summed E-state index contributed by atoms with van der Waals surface area (Å²) in [6.45, 7) is 2.54. The van der Waals surface area contributed by atoms with Crippen molar-refractivity contribution in [3.05, 3.63) is 34.9 Å². The second kappa shape index (κ2) is 4.60. The predicted octanol–water partition coefficient (Wildman–Crippen LogP) is 1.05. The molecule has 1 aliphatic heterocycles. The summed E-state index contributed by atoms with van der Waals surface area (Å²) in [6.07, 6.45) is 0.844. The highest BCUT2D eigenvalue weighted by Crippen LogP contribution is 2.22. The smallest absolute Gasteiger partial charge is 0.261 e. The average molecular weight is 246 g/mol. The molecule has 0 saturated carbocycles. The summed E-state index contributed by atoms with van der Waals surface area (Å²) < 4.78 is 0. The van der Waals surface area contributed by atoms with E-state index in [0.29, 0.717) is 23.2 Å². The molecule has 94 valence electrons. The highest BCUT2D eigenvalue weighted by Gasteiger charge is 2.33. The maximum absolute atomic E-state index is 11.8. The Morgan fingerprint density at radius 3 is 2.56 bits per heavy atom. The van der Waals surface area contributed by atoms with Crippen LogP contribution in [0.2, 0.25) is 0 Å². The van der Waals surface area contributed by atoms with Crippen molar-refractivity contribution in [2.24, 2.45) is 0 Å². The summed E-state index contributed by atoms with van der Waals surface area (Å²) in [6, 6.07) is 4.57. The largest absolute Gasteiger partial charge is 0.352 e. The zero-order valence-corrected chi connectivity index (χ0v) is 10.3. The Kier molecular flexibility index (Phi) is 3.14. The number of rotatable bonds is 3. The molecule has 3 amide bonds. The number of benzene rings is 1. The van der Waals surface area contributed by atoms with Crippen LogP contribution >= 0.6 is 0 Å². The van der Waals surface area contributed by atoms with Crippen LogP contribution in [-0.4, -0.2) is 36.2 Å². The van der Waals surface area contributed by atoms with Gasteiger partial charge < -0.3 is 5.32 Å². The van der Waals surface area contributed by atoms with Crippen LogP contribution in [0.3, 0.4) is 0 Å². The van der Waals surface area contributed by atoms with E-state index in [1.807, 2.05) is 6.92 Å². The van der Waals surface area contributed by atoms with E-state index >= 15 is 0 Å². The van der Waals surface area contributed by atoms with Gasteiger partial charge in [0.1, 0.15) is 0 Å². The molecule has 0 fully saturated rings. The number of hydrogen-bond acceptors (Lipinski definition) is 3. The summed E-state index contributed by atoms with van der Waals surface area (Å²) in [4.78, 5) is 36.2. The van der Waals surface area contributed by atoms with E-state index in [-0.39, 0.29) is 17.7 Å². The highest BCUT2D eigenvalue weighted by molar-refractivity contribution is 6.21. The maximum atomic E-state index is 11.8. The number of nitrogens with zero attached hydrogens (tertiary/aromatic N) is 1. The molecule has 1 aromatic rings. The first-order valence-electron chi connectivity index (χ1n) is 5.81. The van der Waals surface area contributed by atoms with Crippen molar-refractivity contribution in [1.82, 2.24) is 10.2 Å². The van der Waals surface area contributed by atoms with Crippen LogP contribution in [0.1, 0.15) is 44.4 Å². The topological polar surface area (TPSA) is 66.5 Å². The molecule has 5 nitrogen and oxygen atoms in total. The zero-order chi connectivity index (χ0) is 13.3. The molecule has 0 saturated heterocycles. The number of hydrogen-bond donors (Lipinski definition) is 1. The van der Waals surface area contributed by atoms with Gasteiger partial charge in [-0.05, 0) is 24.6 Å². The third-order valence-electron chi connectivity index (χ3n) is 2.89. The van der Waals surface area contributed by atoms with Crippen LogP contribution in [0.4, 0.5) is 0 Å². The lowest BCUT2D eigenvalue weighted by Crippen LogP contribution is -2.24. The van der Waals surface area contributed by atoms with Gasteiger partial charge in [-0.2, -0.15) is 0 Å². The molecule has 1 aliphatic rings. The van der Waals surface area contributed by atoms with E-state index < -0.39 is 0 Å². The fraction of sp³-hybridized carbons (Fsp3) is 0.308. The van der Waals surface area contributed by atoms with E-state index in [1.165, 1.54) is 19.2 Å². The normalized spacial score (nSPS) is 13.8. The van der Waals surface area contributed by atoms with E-state index in [2.05, 4.69) is 5.32 Å². The van der Waals surface area contributed by atoms with Crippen molar-refractivity contribution >= 4 is 17.7 Å². The van der Waals surface area contributed by atoms with Crippen molar-refractivity contribution in [3.63, 3.8) is 0 Å². The lowest BCUT2D eigenvalue weighted by atomic mass is 10.1. The van der Waals surface area contributed by atoms with Gasteiger partial charge in [0.2, 0.25) is 0 Å². The molecule has 0 spiro atoms. The Bertz CT molecular complexity index is 537. The van der Waals surface area contributed by atoms with E-state index in [4.69, 9.17) is 0 Å². The molecule has 18 heavy (non-hydrogen) atoms. The van der Waals surface area contributed by atoms with Crippen LogP contribution < -0.4 is 5.32 Å². The minimum absolute atomic E-state index is 0.227. The van der Waals surface area contributed by atoms with Gasteiger partial charge in [0, 0.05) is 19.2 Å². The second-order valence-electron chi connectivity index (χ2n) is 4.19. The van der Waals surface area contributed by atoms with Crippen LogP contribution in [0.15, 0.2) is 18.2 Å². The van der Waals surface area contributed by atoms with Crippen LogP contribution in [0, 0.1) is 0 Å². The fourth-order valence-electron chi connectivity index (χ4n) is 1.84. The minimum Gasteiger partial charge on any atom is -0.352 e. The Morgan fingerprint density at radius 1 is 1.22 bits per heavy atom. The van der Waals surface area contributed by atoms with E-state index in [1.54, 1.807) is 6.07 Å². The SMILES string of the molecule is CCCNC(=O)c1ccc2c(c1)C(=O)N(C)C2=O. The molecule has 0 atom stereocenters. The molecule has 0 radical (unpaired) electrons. The number of imide groups is 1. The van der Waals surface area contributed by atoms with Gasteiger partial charge in [0.25, 0.3) is 17.7 Å². The highest BCUT2D eigenvalue weighted by atomic mass is 16.2. The minimum atomic E-state index is -0.361. The average Bonchev–Trinajstić information content (AvgIpc) is 2.61. The maximum Gasteiger partial charge on any atom is 0.261 e. The van der Waals surface area contributed by atoms with Gasteiger partial charge in [0.15, 0.2) is 0 Å². The molecule has 0 aromatic heterocycles. The molecule has 0 bridgehead atoms. The summed E-state index contributed by atoms with van der Waals surface area (Å²) in [5, 5.41) is 2.73. The first-order chi connectivity index (χ1) is 8.56. The fourth-order valence-corrected chi connectivity index (χ4v) is 1.84. The van der Waals surface area contributed by atoms with Gasteiger partial charge >= 0.3 is 0 Å². The Morgan fingerprint density at radius 2 is 1.89 bits per heavy atom. The summed E-state index contributed by atoms with van der Waals surface area (Å²) in [5.74, 6) is -0.912. The van der Waals surface area contributed by atoms with Crippen molar-refractivity contribution in [1.29, 1.82) is 0 Å². The molecule has 2 rings (SSSR count). The van der Waals surface area contributed by atoms with Crippen LogP contribution in [-0.2, 0) is 0 Å². The summed E-state index contributed by atoms with van der Waals surface area (Å²) in [5.41, 5.74) is 1.06. The predicted molar refractivity (Wildman–Crippen MR) is 65.5 cm³/mol. The summed E-state index contributed by atoms with van der Waals surface area (Å²) in [7, 11) is 1.43. The molecule has 5 heteroatoms. The number of carbonyl (C=O) groups excluding carboxylic acids is 3. The lowest BCUT2D eigenvalue weighted by molar-refractivity contribution is 0.0693. The van der Waals surface area contributed by atoms with Gasteiger partial charge in [-0.25, -0.2) is 0 Å². The molecule has 1 heterocycles. The van der Waals surface area contributed by atoms with Gasteiger partial charge in [-0.1, -0.05) is 6.92 Å². The number of carbonyl (C=O) groups is 3. The van der Waals surface area contributed by atoms with E-state index in [9.17, 15) is 14.4 Å². The van der Waals surface area contributed by atoms with Gasteiger partial charge in [0.05, 0.1) is 11.1 Å². The quantitative estimate of drug-likeness (QED) is 0.811. The zero-order valence-electron chi connectivity index (χ0n) is 10.3. The van der Waals surface area contributed by atoms with Crippen molar-refractivity contribution < 1.29 is 14.4 Å². The van der Waals surface area contributed by atoms with Crippen molar-refractivity contribution in [2.45, 2.75) is 13.3 Å². The van der Waals surface area contributed by atoms with Crippen LogP contribution in [0.25, 0.3) is 0 Å². The van der Waals surface area contributed by atoms with Gasteiger partial charge in [-0.3, -0.25) is 19.3 Å². The second-order valence-corrected chi connectivity index (χ2v) is 4.19. The molecular formula is C13H14N2O3. The van der Waals surface area contributed by atoms with Gasteiger partial charge in [-0.15, -0.1) is 0 Å². The first kappa shape index (κ1) is 12.3. The van der Waals surface area contributed by atoms with Crippen LogP contribution in [0.5, 0.6) is 0 Å². The molecule has 1 aromatic carbocycles. The monoisotopic (exact) mass is 246 g/mol. The summed E-state index contributed by atoms with van der Waals surface area (Å²) >= 11 is 0. The lowest BCUT2D eigenvalue weighted by Gasteiger charge is -2.04. The molecular weight excluding hydrogens is 232 g/mol. The van der Waals surface area contributed by atoms with E-state index in [0.717, 1.165) is 11.3 Å². The standard InChI is InChI=1S/C13H14N2O3/c1-3-6-14-11(16)8-4-5-9-10(7-8)13(18)15(2)12(9)17/h4-5,7H,3,6H2,1-2H3,(H,14,16). The third kappa shape index (κ3) is 1.88. The molecule has 0 unspecified atom stereocenters. The molecule has 1 N–H and O–H groups in total. The first-order valence-corrected chi connectivity index (χ1v) is 5.81. The number of fused-ring (bicyclic) bond motifs is 1. The Labute approximate surface area is 105 Å². The Hall–Kier alpha value is -2.17.